The molecule has 0 radical (unpaired) electrons. The zero-order valence-electron chi connectivity index (χ0n) is 17.4. The zero-order valence-corrected chi connectivity index (χ0v) is 17.4. The summed E-state index contributed by atoms with van der Waals surface area (Å²) in [6.07, 6.45) is 1.99. The summed E-state index contributed by atoms with van der Waals surface area (Å²) in [4.78, 5) is 17.2. The predicted molar refractivity (Wildman–Crippen MR) is 113 cm³/mol. The van der Waals surface area contributed by atoms with Gasteiger partial charge in [0, 0.05) is 42.0 Å². The lowest BCUT2D eigenvalue weighted by atomic mass is 9.76. The quantitative estimate of drug-likeness (QED) is 0.618. The summed E-state index contributed by atoms with van der Waals surface area (Å²) in [6.45, 7) is 4.56. The highest BCUT2D eigenvalue weighted by molar-refractivity contribution is 5.98. The number of carbonyl (C=O) groups is 1. The van der Waals surface area contributed by atoms with Crippen molar-refractivity contribution < 1.29 is 14.6 Å². The van der Waals surface area contributed by atoms with Crippen LogP contribution in [0, 0.1) is 5.41 Å². The van der Waals surface area contributed by atoms with Crippen LogP contribution >= 0.6 is 0 Å². The van der Waals surface area contributed by atoms with E-state index >= 15 is 0 Å². The van der Waals surface area contributed by atoms with Crippen molar-refractivity contribution in [3.05, 3.63) is 35.5 Å². The van der Waals surface area contributed by atoms with Gasteiger partial charge >= 0.3 is 0 Å². The van der Waals surface area contributed by atoms with E-state index in [0.717, 1.165) is 41.6 Å². The Balaban J connectivity index is 1.63. The number of ether oxygens (including phenoxy) is 1. The molecule has 1 aromatic carbocycles. The maximum absolute atomic E-state index is 12.3. The molecule has 154 valence electrons. The summed E-state index contributed by atoms with van der Waals surface area (Å²) in [5.41, 5.74) is 6.41. The van der Waals surface area contributed by atoms with Crippen LogP contribution in [0.4, 0.5) is 5.69 Å². The van der Waals surface area contributed by atoms with Gasteiger partial charge < -0.3 is 19.7 Å². The molecule has 4 rings (SSSR count). The Kier molecular flexibility index (Phi) is 4.96. The third-order valence-corrected chi connectivity index (χ3v) is 5.85. The minimum Gasteiger partial charge on any atom is -0.381 e. The fourth-order valence-corrected chi connectivity index (χ4v) is 4.10. The van der Waals surface area contributed by atoms with E-state index in [1.807, 2.05) is 18.2 Å². The van der Waals surface area contributed by atoms with E-state index in [4.69, 9.17) is 4.74 Å². The number of aliphatic hydroxyl groups excluding tert-OH is 1. The molecule has 0 saturated heterocycles. The van der Waals surface area contributed by atoms with Crippen LogP contribution in [0.2, 0.25) is 0 Å². The van der Waals surface area contributed by atoms with Crippen molar-refractivity contribution in [2.24, 2.45) is 5.41 Å². The first-order chi connectivity index (χ1) is 13.8. The van der Waals surface area contributed by atoms with Crippen molar-refractivity contribution in [1.29, 1.82) is 0 Å². The molecule has 3 N–H and O–H groups in total. The number of carbonyl (C=O) groups excluding carboxylic acids is 1. The molecule has 0 spiro atoms. The van der Waals surface area contributed by atoms with Crippen LogP contribution in [0.3, 0.4) is 0 Å². The van der Waals surface area contributed by atoms with Crippen molar-refractivity contribution in [3.8, 4) is 11.4 Å². The smallest absolute Gasteiger partial charge is 0.257 e. The molecule has 1 aliphatic rings. The molecule has 29 heavy (non-hydrogen) atoms. The topological polar surface area (TPSA) is 94.2 Å². The standard InChI is InChI=1S/C22H28N4O3/c1-22(2)8-7-15-18(11-22)24-25-20(15)17-9-13-5-6-14(10-16(13)23-17)26(3)21(28)19(27)12-29-4/h5-6,9-10,19,23,27H,7-8,11-12H2,1-4H3,(H,24,25). The van der Waals surface area contributed by atoms with Crippen LogP contribution in [0.1, 0.15) is 31.5 Å². The van der Waals surface area contributed by atoms with Crippen molar-refractivity contribution in [2.75, 3.05) is 25.7 Å². The molecule has 2 aromatic heterocycles. The molecular formula is C22H28N4O3. The van der Waals surface area contributed by atoms with E-state index in [1.54, 1.807) is 7.05 Å². The summed E-state index contributed by atoms with van der Waals surface area (Å²) in [7, 11) is 3.11. The lowest BCUT2D eigenvalue weighted by molar-refractivity contribution is -0.128. The number of hydrogen-bond donors (Lipinski definition) is 3. The second-order valence-corrected chi connectivity index (χ2v) is 8.69. The molecule has 0 bridgehead atoms. The average molecular weight is 396 g/mol. The van der Waals surface area contributed by atoms with Crippen molar-refractivity contribution in [1.82, 2.24) is 15.2 Å². The number of methoxy groups -OCH3 is 1. The van der Waals surface area contributed by atoms with Crippen LogP contribution in [0.15, 0.2) is 24.3 Å². The van der Waals surface area contributed by atoms with Gasteiger partial charge in [0.1, 0.15) is 5.69 Å². The zero-order chi connectivity index (χ0) is 20.8. The number of H-pyrrole nitrogens is 2. The first kappa shape index (κ1) is 19.7. The van der Waals surface area contributed by atoms with E-state index < -0.39 is 12.0 Å². The number of aliphatic hydroxyl groups is 1. The molecule has 0 saturated carbocycles. The molecular weight excluding hydrogens is 368 g/mol. The lowest BCUT2D eigenvalue weighted by Gasteiger charge is -2.28. The Labute approximate surface area is 170 Å². The largest absolute Gasteiger partial charge is 0.381 e. The van der Waals surface area contributed by atoms with Gasteiger partial charge in [0.25, 0.3) is 5.91 Å². The highest BCUT2D eigenvalue weighted by Crippen LogP contribution is 2.38. The van der Waals surface area contributed by atoms with Gasteiger partial charge in [-0.05, 0) is 42.9 Å². The minimum absolute atomic E-state index is 0.0286. The van der Waals surface area contributed by atoms with Crippen LogP contribution in [0.5, 0.6) is 0 Å². The first-order valence-corrected chi connectivity index (χ1v) is 9.93. The van der Waals surface area contributed by atoms with Gasteiger partial charge in [0.2, 0.25) is 0 Å². The summed E-state index contributed by atoms with van der Waals surface area (Å²) in [6, 6.07) is 7.86. The molecule has 7 nitrogen and oxygen atoms in total. The number of likely N-dealkylation sites (N-methyl/N-ethyl adjacent to an activating group) is 1. The third-order valence-electron chi connectivity index (χ3n) is 5.85. The summed E-state index contributed by atoms with van der Waals surface area (Å²) in [5, 5.41) is 18.8. The Morgan fingerprint density at radius 1 is 1.38 bits per heavy atom. The van der Waals surface area contributed by atoms with E-state index in [1.165, 1.54) is 23.3 Å². The van der Waals surface area contributed by atoms with Gasteiger partial charge in [-0.15, -0.1) is 0 Å². The van der Waals surface area contributed by atoms with E-state index in [0.29, 0.717) is 11.1 Å². The van der Waals surface area contributed by atoms with Crippen LogP contribution < -0.4 is 4.90 Å². The number of hydrogen-bond acceptors (Lipinski definition) is 4. The summed E-state index contributed by atoms with van der Waals surface area (Å²) >= 11 is 0. The van der Waals surface area contributed by atoms with E-state index in [9.17, 15) is 9.90 Å². The molecule has 1 unspecified atom stereocenters. The number of anilines is 1. The summed E-state index contributed by atoms with van der Waals surface area (Å²) in [5.74, 6) is -0.401. The van der Waals surface area contributed by atoms with E-state index in [-0.39, 0.29) is 6.61 Å². The number of rotatable bonds is 5. The van der Waals surface area contributed by atoms with Gasteiger partial charge in [-0.25, -0.2) is 0 Å². The van der Waals surface area contributed by atoms with Gasteiger partial charge in [-0.2, -0.15) is 5.10 Å². The van der Waals surface area contributed by atoms with Crippen molar-refractivity contribution in [3.63, 3.8) is 0 Å². The maximum Gasteiger partial charge on any atom is 0.257 e. The highest BCUT2D eigenvalue weighted by atomic mass is 16.5. The van der Waals surface area contributed by atoms with Gasteiger partial charge in [-0.3, -0.25) is 9.89 Å². The molecule has 3 aromatic rings. The number of nitrogens with zero attached hydrogens (tertiary/aromatic N) is 2. The Morgan fingerprint density at radius 3 is 2.93 bits per heavy atom. The molecule has 0 aliphatic heterocycles. The van der Waals surface area contributed by atoms with Crippen LogP contribution in [-0.4, -0.2) is 53.1 Å². The number of fused-ring (bicyclic) bond motifs is 2. The SMILES string of the molecule is COCC(O)C(=O)N(C)c1ccc2cc(-c3n[nH]c4c3CCC(C)(C)C4)[nH]c2c1. The van der Waals surface area contributed by atoms with Crippen LogP contribution in [-0.2, 0) is 22.4 Å². The fourth-order valence-electron chi connectivity index (χ4n) is 4.10. The highest BCUT2D eigenvalue weighted by Gasteiger charge is 2.29. The number of aromatic amines is 2. The molecule has 1 amide bonds. The molecule has 1 atom stereocenters. The number of aromatic nitrogens is 3. The fraction of sp³-hybridized carbons (Fsp3) is 0.455. The molecule has 2 heterocycles. The molecule has 0 fully saturated rings. The molecule has 1 aliphatic carbocycles. The number of amides is 1. The first-order valence-electron chi connectivity index (χ1n) is 9.93. The van der Waals surface area contributed by atoms with Gasteiger partial charge in [0.05, 0.1) is 12.3 Å². The summed E-state index contributed by atoms with van der Waals surface area (Å²) < 4.78 is 4.87. The van der Waals surface area contributed by atoms with Crippen molar-refractivity contribution in [2.45, 2.75) is 39.2 Å². The van der Waals surface area contributed by atoms with Gasteiger partial charge in [-0.1, -0.05) is 19.9 Å². The van der Waals surface area contributed by atoms with Crippen molar-refractivity contribution >= 4 is 22.5 Å². The van der Waals surface area contributed by atoms with Gasteiger partial charge in [0.15, 0.2) is 6.10 Å². The maximum atomic E-state index is 12.3. The second kappa shape index (κ2) is 7.31. The number of nitrogens with one attached hydrogen (secondary N) is 2. The lowest BCUT2D eigenvalue weighted by Crippen LogP contribution is -2.38. The minimum atomic E-state index is -1.18. The Morgan fingerprint density at radius 2 is 2.17 bits per heavy atom. The average Bonchev–Trinajstić information content (AvgIpc) is 3.28. The van der Waals surface area contributed by atoms with E-state index in [2.05, 4.69) is 35.1 Å². The normalized spacial score (nSPS) is 16.6. The number of benzene rings is 1. The predicted octanol–water partition coefficient (Wildman–Crippen LogP) is 3.04. The Hall–Kier alpha value is -2.64. The monoisotopic (exact) mass is 396 g/mol. The third kappa shape index (κ3) is 3.68. The Bertz CT molecular complexity index is 1050. The second-order valence-electron chi connectivity index (χ2n) is 8.69. The molecule has 7 heteroatoms. The van der Waals surface area contributed by atoms with Crippen LogP contribution in [0.25, 0.3) is 22.3 Å².